The molecule has 0 aliphatic heterocycles. The van der Waals surface area contributed by atoms with Crippen molar-refractivity contribution in [2.45, 2.75) is 0 Å². The average molecular weight is 384 g/mol. The Hall–Kier alpha value is -2.48. The van der Waals surface area contributed by atoms with Crippen LogP contribution in [0.3, 0.4) is 0 Å². The Bertz CT molecular complexity index is 767. The molecule has 0 saturated carbocycles. The predicted octanol–water partition coefficient (Wildman–Crippen LogP) is 2.54. The molecule has 0 aliphatic rings. The van der Waals surface area contributed by atoms with Crippen LogP contribution in [0.5, 0.6) is 0 Å². The second-order valence-corrected chi connectivity index (χ2v) is 5.48. The SMILES string of the molecule is Cn1cc(Br)cc1C(=O)NNC(=O)C=Cc1c(F)cccc1F. The summed E-state index contributed by atoms with van der Waals surface area (Å²) in [5, 5.41) is 0. The highest BCUT2D eigenvalue weighted by atomic mass is 79.9. The Labute approximate surface area is 139 Å². The lowest BCUT2D eigenvalue weighted by Crippen LogP contribution is -2.41. The number of aromatic nitrogens is 1. The highest BCUT2D eigenvalue weighted by molar-refractivity contribution is 9.10. The summed E-state index contributed by atoms with van der Waals surface area (Å²) in [5.74, 6) is -2.83. The number of amides is 2. The zero-order valence-corrected chi connectivity index (χ0v) is 13.5. The summed E-state index contributed by atoms with van der Waals surface area (Å²) < 4.78 is 29.0. The average Bonchev–Trinajstić information content (AvgIpc) is 2.83. The van der Waals surface area contributed by atoms with Crippen LogP contribution in [-0.2, 0) is 11.8 Å². The fourth-order valence-corrected chi connectivity index (χ4v) is 2.33. The van der Waals surface area contributed by atoms with Gasteiger partial charge in [0.25, 0.3) is 11.8 Å². The molecule has 8 heteroatoms. The maximum Gasteiger partial charge on any atom is 0.286 e. The molecule has 1 heterocycles. The number of rotatable bonds is 3. The Morgan fingerprint density at radius 2 is 1.87 bits per heavy atom. The van der Waals surface area contributed by atoms with Crippen molar-refractivity contribution >= 4 is 33.8 Å². The van der Waals surface area contributed by atoms with Gasteiger partial charge in [0.1, 0.15) is 17.3 Å². The predicted molar refractivity (Wildman–Crippen MR) is 84.1 cm³/mol. The smallest absolute Gasteiger partial charge is 0.286 e. The first-order valence-corrected chi connectivity index (χ1v) is 7.22. The molecular formula is C15H12BrF2N3O2. The van der Waals surface area contributed by atoms with Crippen LogP contribution in [0, 0.1) is 11.6 Å². The minimum atomic E-state index is -0.785. The van der Waals surface area contributed by atoms with E-state index in [1.807, 2.05) is 0 Å². The van der Waals surface area contributed by atoms with Gasteiger partial charge in [-0.15, -0.1) is 0 Å². The van der Waals surface area contributed by atoms with Crippen LogP contribution in [0.25, 0.3) is 6.08 Å². The van der Waals surface area contributed by atoms with E-state index in [1.54, 1.807) is 23.9 Å². The highest BCUT2D eigenvalue weighted by Crippen LogP contribution is 2.14. The van der Waals surface area contributed by atoms with E-state index in [0.29, 0.717) is 10.2 Å². The summed E-state index contributed by atoms with van der Waals surface area (Å²) in [6.07, 6.45) is 3.59. The summed E-state index contributed by atoms with van der Waals surface area (Å²) >= 11 is 3.23. The van der Waals surface area contributed by atoms with Crippen LogP contribution >= 0.6 is 15.9 Å². The van der Waals surface area contributed by atoms with Crippen molar-refractivity contribution < 1.29 is 18.4 Å². The third kappa shape index (κ3) is 4.26. The quantitative estimate of drug-likeness (QED) is 0.631. The molecule has 2 amide bonds. The number of hydrogen-bond donors (Lipinski definition) is 2. The van der Waals surface area contributed by atoms with E-state index in [9.17, 15) is 18.4 Å². The number of halogens is 3. The zero-order valence-electron chi connectivity index (χ0n) is 11.9. The number of hydrazine groups is 1. The van der Waals surface area contributed by atoms with Gasteiger partial charge in [-0.05, 0) is 40.2 Å². The number of nitrogens with one attached hydrogen (secondary N) is 2. The molecule has 5 nitrogen and oxygen atoms in total. The molecule has 0 radical (unpaired) electrons. The van der Waals surface area contributed by atoms with E-state index in [1.165, 1.54) is 6.07 Å². The minimum Gasteiger partial charge on any atom is -0.345 e. The lowest BCUT2D eigenvalue weighted by molar-refractivity contribution is -0.117. The second kappa shape index (κ2) is 7.19. The van der Waals surface area contributed by atoms with E-state index in [4.69, 9.17) is 0 Å². The molecule has 0 spiro atoms. The summed E-state index contributed by atoms with van der Waals surface area (Å²) in [6, 6.07) is 4.96. The topological polar surface area (TPSA) is 63.1 Å². The normalized spacial score (nSPS) is 10.8. The zero-order chi connectivity index (χ0) is 17.0. The third-order valence-corrected chi connectivity index (χ3v) is 3.34. The lowest BCUT2D eigenvalue weighted by atomic mass is 10.2. The van der Waals surface area contributed by atoms with E-state index in [0.717, 1.165) is 24.3 Å². The summed E-state index contributed by atoms with van der Waals surface area (Å²) in [5.41, 5.74) is 4.31. The molecule has 1 aromatic heterocycles. The number of carbonyl (C=O) groups is 2. The molecular weight excluding hydrogens is 372 g/mol. The van der Waals surface area contributed by atoms with Crippen LogP contribution in [0.15, 0.2) is 41.0 Å². The number of carbonyl (C=O) groups excluding carboxylic acids is 2. The first-order chi connectivity index (χ1) is 10.9. The summed E-state index contributed by atoms with van der Waals surface area (Å²) in [4.78, 5) is 23.4. The maximum absolute atomic E-state index is 13.4. The van der Waals surface area contributed by atoms with Crippen LogP contribution in [0.4, 0.5) is 8.78 Å². The van der Waals surface area contributed by atoms with Gasteiger partial charge < -0.3 is 4.57 Å². The van der Waals surface area contributed by atoms with Gasteiger partial charge in [-0.25, -0.2) is 8.78 Å². The fraction of sp³-hybridized carbons (Fsp3) is 0.0667. The first kappa shape index (κ1) is 16.9. The van der Waals surface area contributed by atoms with Gasteiger partial charge in [-0.1, -0.05) is 6.07 Å². The van der Waals surface area contributed by atoms with Crippen molar-refractivity contribution in [3.63, 3.8) is 0 Å². The van der Waals surface area contributed by atoms with Gasteiger partial charge in [0.05, 0.1) is 0 Å². The summed E-state index contributed by atoms with van der Waals surface area (Å²) in [7, 11) is 1.67. The maximum atomic E-state index is 13.4. The second-order valence-electron chi connectivity index (χ2n) is 4.57. The third-order valence-electron chi connectivity index (χ3n) is 2.90. The Kier molecular flexibility index (Phi) is 5.28. The molecule has 0 unspecified atom stereocenters. The summed E-state index contributed by atoms with van der Waals surface area (Å²) in [6.45, 7) is 0. The number of benzene rings is 1. The highest BCUT2D eigenvalue weighted by Gasteiger charge is 2.11. The van der Waals surface area contributed by atoms with Gasteiger partial charge in [0.15, 0.2) is 0 Å². The van der Waals surface area contributed by atoms with Crippen molar-refractivity contribution in [3.8, 4) is 0 Å². The van der Waals surface area contributed by atoms with Gasteiger partial charge in [-0.3, -0.25) is 20.4 Å². The van der Waals surface area contributed by atoms with Gasteiger partial charge in [0.2, 0.25) is 0 Å². The van der Waals surface area contributed by atoms with Gasteiger partial charge >= 0.3 is 0 Å². The molecule has 0 aliphatic carbocycles. The monoisotopic (exact) mass is 383 g/mol. The molecule has 2 aromatic rings. The van der Waals surface area contributed by atoms with Crippen molar-refractivity contribution in [1.82, 2.24) is 15.4 Å². The van der Waals surface area contributed by atoms with Crippen LogP contribution in [0.1, 0.15) is 16.1 Å². The molecule has 0 saturated heterocycles. The van der Waals surface area contributed by atoms with Crippen molar-refractivity contribution in [2.24, 2.45) is 7.05 Å². The van der Waals surface area contributed by atoms with Crippen LogP contribution in [0.2, 0.25) is 0 Å². The molecule has 0 fully saturated rings. The number of hydrogen-bond acceptors (Lipinski definition) is 2. The van der Waals surface area contributed by atoms with Crippen molar-refractivity contribution in [3.05, 3.63) is 63.9 Å². The minimum absolute atomic E-state index is 0.321. The Balaban J connectivity index is 1.96. The van der Waals surface area contributed by atoms with E-state index >= 15 is 0 Å². The Morgan fingerprint density at radius 1 is 1.22 bits per heavy atom. The van der Waals surface area contributed by atoms with Crippen LogP contribution < -0.4 is 10.9 Å². The molecule has 2 N–H and O–H groups in total. The molecule has 23 heavy (non-hydrogen) atoms. The van der Waals surface area contributed by atoms with E-state index in [2.05, 4.69) is 26.8 Å². The molecule has 0 bridgehead atoms. The Morgan fingerprint density at radius 3 is 2.43 bits per heavy atom. The first-order valence-electron chi connectivity index (χ1n) is 6.42. The van der Waals surface area contributed by atoms with Gasteiger partial charge in [0, 0.05) is 29.4 Å². The van der Waals surface area contributed by atoms with E-state index < -0.39 is 23.4 Å². The van der Waals surface area contributed by atoms with Crippen molar-refractivity contribution in [1.29, 1.82) is 0 Å². The van der Waals surface area contributed by atoms with Crippen LogP contribution in [-0.4, -0.2) is 16.4 Å². The van der Waals surface area contributed by atoms with Gasteiger partial charge in [-0.2, -0.15) is 0 Å². The molecule has 0 atom stereocenters. The number of nitrogens with zero attached hydrogens (tertiary/aromatic N) is 1. The van der Waals surface area contributed by atoms with E-state index in [-0.39, 0.29) is 5.56 Å². The fourth-order valence-electron chi connectivity index (χ4n) is 1.80. The molecule has 1 aromatic carbocycles. The largest absolute Gasteiger partial charge is 0.345 e. The standard InChI is InChI=1S/C15H12BrF2N3O2/c1-21-8-9(16)7-13(21)15(23)20-19-14(22)6-5-10-11(17)3-2-4-12(10)18/h2-8H,1H3,(H,19,22)(H,20,23). The van der Waals surface area contributed by atoms with Crippen molar-refractivity contribution in [2.75, 3.05) is 0 Å². The molecule has 120 valence electrons. The number of aryl methyl sites for hydroxylation is 1. The molecule has 2 rings (SSSR count). The lowest BCUT2D eigenvalue weighted by Gasteiger charge is -2.06.